The minimum absolute atomic E-state index is 0.115. The molecule has 1 unspecified atom stereocenters. The first kappa shape index (κ1) is 13.9. The summed E-state index contributed by atoms with van der Waals surface area (Å²) in [6.45, 7) is 0. The van der Waals surface area contributed by atoms with E-state index in [1.54, 1.807) is 18.0 Å². The zero-order valence-corrected chi connectivity index (χ0v) is 12.5. The molecule has 3 rings (SSSR count). The van der Waals surface area contributed by atoms with Gasteiger partial charge in [-0.25, -0.2) is 4.98 Å². The summed E-state index contributed by atoms with van der Waals surface area (Å²) in [7, 11) is 1.49. The zero-order valence-electron chi connectivity index (χ0n) is 11.7. The summed E-state index contributed by atoms with van der Waals surface area (Å²) in [4.78, 5) is 16.7. The van der Waals surface area contributed by atoms with Crippen molar-refractivity contribution in [1.82, 2.24) is 10.3 Å². The van der Waals surface area contributed by atoms with E-state index >= 15 is 0 Å². The number of rotatable bonds is 7. The standard InChI is InChI=1S/C15H20N2O2S/c1-19-14(18)15(11-5-6-11,17-12-7-8-12)10-20-13-4-2-3-9-16-13/h2-4,9,11-12,17H,5-8,10H2,1H3. The fourth-order valence-electron chi connectivity index (χ4n) is 2.53. The van der Waals surface area contributed by atoms with E-state index in [0.717, 1.165) is 17.9 Å². The number of carbonyl (C=O) groups is 1. The molecule has 1 N–H and O–H groups in total. The van der Waals surface area contributed by atoms with E-state index in [0.29, 0.717) is 17.7 Å². The van der Waals surface area contributed by atoms with E-state index in [1.165, 1.54) is 20.0 Å². The topological polar surface area (TPSA) is 51.2 Å². The van der Waals surface area contributed by atoms with Crippen molar-refractivity contribution in [2.45, 2.75) is 42.3 Å². The summed E-state index contributed by atoms with van der Waals surface area (Å²) in [5.74, 6) is 0.986. The number of ether oxygens (including phenoxy) is 1. The molecule has 0 spiro atoms. The maximum Gasteiger partial charge on any atom is 0.327 e. The molecular weight excluding hydrogens is 272 g/mol. The normalized spacial score (nSPS) is 21.2. The zero-order chi connectivity index (χ0) is 14.0. The molecule has 2 fully saturated rings. The summed E-state index contributed by atoms with van der Waals surface area (Å²) in [6, 6.07) is 6.34. The molecular formula is C15H20N2O2S. The van der Waals surface area contributed by atoms with Crippen molar-refractivity contribution in [3.8, 4) is 0 Å². The summed E-state index contributed by atoms with van der Waals surface area (Å²) < 4.78 is 5.10. The first-order chi connectivity index (χ1) is 9.74. The molecule has 108 valence electrons. The van der Waals surface area contributed by atoms with Gasteiger partial charge < -0.3 is 4.74 Å². The highest BCUT2D eigenvalue weighted by atomic mass is 32.2. The van der Waals surface area contributed by atoms with Gasteiger partial charge in [0.15, 0.2) is 0 Å². The number of methoxy groups -OCH3 is 1. The van der Waals surface area contributed by atoms with E-state index in [4.69, 9.17) is 4.74 Å². The Balaban J connectivity index is 1.74. The lowest BCUT2D eigenvalue weighted by Gasteiger charge is -2.32. The Morgan fingerprint density at radius 3 is 2.80 bits per heavy atom. The van der Waals surface area contributed by atoms with Gasteiger partial charge in [0.25, 0.3) is 0 Å². The summed E-state index contributed by atoms with van der Waals surface area (Å²) in [5, 5.41) is 4.52. The van der Waals surface area contributed by atoms with Gasteiger partial charge in [-0.2, -0.15) is 0 Å². The number of hydrogen-bond acceptors (Lipinski definition) is 5. The molecule has 0 bridgehead atoms. The van der Waals surface area contributed by atoms with Gasteiger partial charge >= 0.3 is 5.97 Å². The maximum atomic E-state index is 12.4. The average Bonchev–Trinajstić information content (AvgIpc) is 3.37. The molecule has 0 amide bonds. The third kappa shape index (κ3) is 2.99. The number of pyridine rings is 1. The summed E-state index contributed by atoms with van der Waals surface area (Å²) in [5.41, 5.74) is -0.530. The van der Waals surface area contributed by atoms with Gasteiger partial charge in [-0.15, -0.1) is 11.8 Å². The number of nitrogens with zero attached hydrogens (tertiary/aromatic N) is 1. The van der Waals surface area contributed by atoms with E-state index in [9.17, 15) is 4.79 Å². The molecule has 1 aromatic heterocycles. The summed E-state index contributed by atoms with van der Waals surface area (Å²) >= 11 is 1.63. The van der Waals surface area contributed by atoms with Crippen LogP contribution in [-0.2, 0) is 9.53 Å². The maximum absolute atomic E-state index is 12.4. The Kier molecular flexibility index (Phi) is 3.98. The molecule has 0 aromatic carbocycles. The van der Waals surface area contributed by atoms with Gasteiger partial charge in [-0.05, 0) is 43.7 Å². The second-order valence-corrected chi connectivity index (χ2v) is 6.61. The molecule has 4 nitrogen and oxygen atoms in total. The third-order valence-electron chi connectivity index (χ3n) is 3.95. The second kappa shape index (κ2) is 5.74. The van der Waals surface area contributed by atoms with Crippen LogP contribution in [0.5, 0.6) is 0 Å². The van der Waals surface area contributed by atoms with Crippen molar-refractivity contribution in [2.75, 3.05) is 12.9 Å². The van der Waals surface area contributed by atoms with Crippen LogP contribution in [0.25, 0.3) is 0 Å². The SMILES string of the molecule is COC(=O)C(CSc1ccccn1)(NC1CC1)C1CC1. The molecule has 2 saturated carbocycles. The van der Waals surface area contributed by atoms with Gasteiger partial charge in [-0.1, -0.05) is 6.07 Å². The summed E-state index contributed by atoms with van der Waals surface area (Å²) in [6.07, 6.45) is 6.34. The Labute approximate surface area is 123 Å². The molecule has 2 aliphatic rings. The monoisotopic (exact) mass is 292 g/mol. The largest absolute Gasteiger partial charge is 0.468 e. The molecule has 5 heteroatoms. The molecule has 0 saturated heterocycles. The molecule has 2 aliphatic carbocycles. The molecule has 20 heavy (non-hydrogen) atoms. The van der Waals surface area contributed by atoms with Crippen LogP contribution < -0.4 is 5.32 Å². The fourth-order valence-corrected chi connectivity index (χ4v) is 3.65. The van der Waals surface area contributed by atoms with Crippen LogP contribution in [0.15, 0.2) is 29.4 Å². The Hall–Kier alpha value is -1.07. The minimum atomic E-state index is -0.530. The van der Waals surface area contributed by atoms with Gasteiger partial charge in [-0.3, -0.25) is 10.1 Å². The molecule has 1 heterocycles. The second-order valence-electron chi connectivity index (χ2n) is 5.61. The number of esters is 1. The average molecular weight is 292 g/mol. The molecule has 0 aliphatic heterocycles. The molecule has 1 aromatic rings. The Morgan fingerprint density at radius 2 is 2.25 bits per heavy atom. The van der Waals surface area contributed by atoms with E-state index < -0.39 is 5.54 Å². The van der Waals surface area contributed by atoms with Crippen molar-refractivity contribution in [3.05, 3.63) is 24.4 Å². The Morgan fingerprint density at radius 1 is 1.45 bits per heavy atom. The first-order valence-electron chi connectivity index (χ1n) is 7.14. The van der Waals surface area contributed by atoms with Gasteiger partial charge in [0.2, 0.25) is 0 Å². The smallest absolute Gasteiger partial charge is 0.327 e. The molecule has 1 atom stereocenters. The van der Waals surface area contributed by atoms with Crippen LogP contribution in [0.1, 0.15) is 25.7 Å². The van der Waals surface area contributed by atoms with Crippen LogP contribution in [-0.4, -0.2) is 35.4 Å². The van der Waals surface area contributed by atoms with Crippen molar-refractivity contribution in [3.63, 3.8) is 0 Å². The lowest BCUT2D eigenvalue weighted by atomic mass is 9.95. The van der Waals surface area contributed by atoms with Crippen molar-refractivity contribution in [1.29, 1.82) is 0 Å². The quantitative estimate of drug-likeness (QED) is 0.617. The number of carbonyl (C=O) groups excluding carboxylic acids is 1. The Bertz CT molecular complexity index is 474. The number of thioether (sulfide) groups is 1. The van der Waals surface area contributed by atoms with Crippen molar-refractivity contribution >= 4 is 17.7 Å². The van der Waals surface area contributed by atoms with E-state index in [1.807, 2.05) is 18.2 Å². The number of hydrogen-bond donors (Lipinski definition) is 1. The van der Waals surface area contributed by atoms with Crippen molar-refractivity contribution < 1.29 is 9.53 Å². The predicted octanol–water partition coefficient (Wildman–Crippen LogP) is 2.25. The van der Waals surface area contributed by atoms with Gasteiger partial charge in [0.05, 0.1) is 12.1 Å². The van der Waals surface area contributed by atoms with Crippen LogP contribution >= 0.6 is 11.8 Å². The van der Waals surface area contributed by atoms with E-state index in [2.05, 4.69) is 10.3 Å². The van der Waals surface area contributed by atoms with Gasteiger partial charge in [0, 0.05) is 18.0 Å². The highest BCUT2D eigenvalue weighted by Gasteiger charge is 2.53. The number of nitrogens with one attached hydrogen (secondary N) is 1. The van der Waals surface area contributed by atoms with Crippen LogP contribution in [0, 0.1) is 5.92 Å². The van der Waals surface area contributed by atoms with Crippen LogP contribution in [0.3, 0.4) is 0 Å². The van der Waals surface area contributed by atoms with Gasteiger partial charge in [0.1, 0.15) is 5.54 Å². The van der Waals surface area contributed by atoms with Crippen molar-refractivity contribution in [2.24, 2.45) is 5.92 Å². The fraction of sp³-hybridized carbons (Fsp3) is 0.600. The van der Waals surface area contributed by atoms with Crippen LogP contribution in [0.4, 0.5) is 0 Å². The minimum Gasteiger partial charge on any atom is -0.468 e. The first-order valence-corrected chi connectivity index (χ1v) is 8.13. The highest BCUT2D eigenvalue weighted by Crippen LogP contribution is 2.44. The highest BCUT2D eigenvalue weighted by molar-refractivity contribution is 7.99. The third-order valence-corrected chi connectivity index (χ3v) is 5.09. The van der Waals surface area contributed by atoms with Crippen LogP contribution in [0.2, 0.25) is 0 Å². The molecule has 0 radical (unpaired) electrons. The number of aromatic nitrogens is 1. The lowest BCUT2D eigenvalue weighted by molar-refractivity contribution is -0.148. The predicted molar refractivity (Wildman–Crippen MR) is 78.6 cm³/mol. The van der Waals surface area contributed by atoms with E-state index in [-0.39, 0.29) is 5.97 Å². The lowest BCUT2D eigenvalue weighted by Crippen LogP contribution is -2.57.